The summed E-state index contributed by atoms with van der Waals surface area (Å²) in [6.45, 7) is 4.43. The average Bonchev–Trinajstić information content (AvgIpc) is 3.05. The van der Waals surface area contributed by atoms with Crippen molar-refractivity contribution >= 4 is 32.9 Å². The van der Waals surface area contributed by atoms with Gasteiger partial charge in [-0.25, -0.2) is 8.78 Å². The van der Waals surface area contributed by atoms with Crippen molar-refractivity contribution in [3.8, 4) is 33.4 Å². The van der Waals surface area contributed by atoms with Crippen LogP contribution in [0.1, 0.15) is 5.56 Å². The van der Waals surface area contributed by atoms with Crippen molar-refractivity contribution in [2.75, 3.05) is 5.32 Å². The van der Waals surface area contributed by atoms with Crippen LogP contribution < -0.4 is 5.32 Å². The van der Waals surface area contributed by atoms with Gasteiger partial charge in [-0.2, -0.15) is 0 Å². The minimum Gasteiger partial charge on any atom is -0.355 e. The van der Waals surface area contributed by atoms with Crippen molar-refractivity contribution in [3.63, 3.8) is 0 Å². The van der Waals surface area contributed by atoms with Gasteiger partial charge in [-0.05, 0) is 91.3 Å². The molecule has 0 unspecified atom stereocenters. The summed E-state index contributed by atoms with van der Waals surface area (Å²) in [5.41, 5.74) is 8.72. The molecule has 0 radical (unpaired) electrons. The van der Waals surface area contributed by atoms with Gasteiger partial charge in [-0.3, -0.25) is 0 Å². The standard InChI is InChI=1S/C40H27F2N/c1-26(43-38-14-8-7-11-33(38)27-9-3-2-4-10-27)30-19-24-36-37(25-30)40(29-17-22-32(42)23-18-29)35-13-6-5-12-34(35)39(36)28-15-20-31(41)21-16-28/h2-25,43H,1H2. The van der Waals surface area contributed by atoms with Crippen LogP contribution in [0.15, 0.2) is 152 Å². The fraction of sp³-hybridized carbons (Fsp3) is 0. The summed E-state index contributed by atoms with van der Waals surface area (Å²) in [5, 5.41) is 7.66. The van der Waals surface area contributed by atoms with Crippen molar-refractivity contribution in [3.05, 3.63) is 169 Å². The van der Waals surface area contributed by atoms with E-state index in [-0.39, 0.29) is 11.6 Å². The Labute approximate surface area is 249 Å². The normalized spacial score (nSPS) is 11.1. The molecule has 43 heavy (non-hydrogen) atoms. The zero-order valence-electron chi connectivity index (χ0n) is 23.3. The van der Waals surface area contributed by atoms with Gasteiger partial charge in [0.2, 0.25) is 0 Å². The summed E-state index contributed by atoms with van der Waals surface area (Å²) < 4.78 is 28.0. The second-order valence-corrected chi connectivity index (χ2v) is 10.6. The van der Waals surface area contributed by atoms with Crippen molar-refractivity contribution in [1.82, 2.24) is 0 Å². The van der Waals surface area contributed by atoms with Gasteiger partial charge < -0.3 is 5.32 Å². The Bertz CT molecular complexity index is 2110. The van der Waals surface area contributed by atoms with E-state index in [1.807, 2.05) is 66.7 Å². The number of para-hydroxylation sites is 1. The molecule has 7 aromatic carbocycles. The minimum absolute atomic E-state index is 0.277. The SMILES string of the molecule is C=C(Nc1ccccc1-c1ccccc1)c1ccc2c(-c3ccc(F)cc3)c3ccccc3c(-c3ccc(F)cc3)c2c1. The number of hydrogen-bond acceptors (Lipinski definition) is 1. The van der Waals surface area contributed by atoms with Gasteiger partial charge >= 0.3 is 0 Å². The zero-order valence-corrected chi connectivity index (χ0v) is 23.3. The average molecular weight is 560 g/mol. The van der Waals surface area contributed by atoms with Crippen LogP contribution in [0.5, 0.6) is 0 Å². The first-order chi connectivity index (χ1) is 21.1. The molecule has 0 bridgehead atoms. The molecule has 1 N–H and O–H groups in total. The third-order valence-electron chi connectivity index (χ3n) is 7.94. The molecule has 7 aromatic rings. The first-order valence-electron chi connectivity index (χ1n) is 14.2. The topological polar surface area (TPSA) is 12.0 Å². The smallest absolute Gasteiger partial charge is 0.123 e. The largest absolute Gasteiger partial charge is 0.355 e. The molecule has 206 valence electrons. The maximum absolute atomic E-state index is 14.0. The number of fused-ring (bicyclic) bond motifs is 2. The van der Waals surface area contributed by atoms with Crippen LogP contribution in [-0.2, 0) is 0 Å². The molecule has 1 nitrogen and oxygen atoms in total. The van der Waals surface area contributed by atoms with Crippen LogP contribution in [0.25, 0.3) is 60.6 Å². The van der Waals surface area contributed by atoms with Crippen molar-refractivity contribution in [2.24, 2.45) is 0 Å². The van der Waals surface area contributed by atoms with E-state index >= 15 is 0 Å². The quantitative estimate of drug-likeness (QED) is 0.200. The molecule has 0 amide bonds. The summed E-state index contributed by atoms with van der Waals surface area (Å²) >= 11 is 0. The Morgan fingerprint density at radius 2 is 0.977 bits per heavy atom. The van der Waals surface area contributed by atoms with Gasteiger partial charge in [0.05, 0.1) is 0 Å². The molecule has 3 heteroatoms. The second-order valence-electron chi connectivity index (χ2n) is 10.6. The highest BCUT2D eigenvalue weighted by atomic mass is 19.1. The summed E-state index contributed by atoms with van der Waals surface area (Å²) in [6, 6.07) is 46.3. The molecular formula is C40H27F2N. The number of anilines is 1. The summed E-state index contributed by atoms with van der Waals surface area (Å²) in [5.74, 6) is -0.559. The molecule has 0 saturated carbocycles. The molecule has 0 spiro atoms. The molecule has 0 aliphatic heterocycles. The Morgan fingerprint density at radius 3 is 1.60 bits per heavy atom. The highest BCUT2D eigenvalue weighted by Crippen LogP contribution is 2.44. The number of halogens is 2. The summed E-state index contributed by atoms with van der Waals surface area (Å²) in [7, 11) is 0. The lowest BCUT2D eigenvalue weighted by Gasteiger charge is -2.20. The lowest BCUT2D eigenvalue weighted by molar-refractivity contribution is 0.627. The van der Waals surface area contributed by atoms with Crippen LogP contribution in [-0.4, -0.2) is 0 Å². The molecule has 0 fully saturated rings. The van der Waals surface area contributed by atoms with E-state index in [0.29, 0.717) is 0 Å². The Morgan fingerprint density at radius 1 is 0.465 bits per heavy atom. The number of nitrogens with one attached hydrogen (secondary N) is 1. The van der Waals surface area contributed by atoms with Gasteiger partial charge in [0.25, 0.3) is 0 Å². The maximum Gasteiger partial charge on any atom is 0.123 e. The van der Waals surface area contributed by atoms with E-state index in [0.717, 1.165) is 71.9 Å². The lowest BCUT2D eigenvalue weighted by atomic mass is 9.85. The van der Waals surface area contributed by atoms with Crippen molar-refractivity contribution < 1.29 is 8.78 Å². The highest BCUT2D eigenvalue weighted by Gasteiger charge is 2.18. The van der Waals surface area contributed by atoms with E-state index in [1.165, 1.54) is 24.3 Å². The Hall–Kier alpha value is -5.54. The molecule has 0 heterocycles. The van der Waals surface area contributed by atoms with Gasteiger partial charge in [0.15, 0.2) is 0 Å². The van der Waals surface area contributed by atoms with E-state index in [4.69, 9.17) is 0 Å². The number of hydrogen-bond donors (Lipinski definition) is 1. The van der Waals surface area contributed by atoms with Gasteiger partial charge in [-0.15, -0.1) is 0 Å². The number of benzene rings is 7. The predicted molar refractivity (Wildman–Crippen MR) is 177 cm³/mol. The van der Waals surface area contributed by atoms with E-state index in [1.54, 1.807) is 0 Å². The van der Waals surface area contributed by atoms with E-state index in [2.05, 4.69) is 66.5 Å². The number of rotatable bonds is 6. The van der Waals surface area contributed by atoms with Crippen molar-refractivity contribution in [1.29, 1.82) is 0 Å². The zero-order chi connectivity index (χ0) is 29.3. The fourth-order valence-electron chi connectivity index (χ4n) is 5.92. The molecule has 7 rings (SSSR count). The first-order valence-corrected chi connectivity index (χ1v) is 14.2. The third kappa shape index (κ3) is 4.96. The summed E-state index contributed by atoms with van der Waals surface area (Å²) in [6.07, 6.45) is 0. The molecule has 0 aromatic heterocycles. The Balaban J connectivity index is 1.44. The molecule has 0 saturated heterocycles. The predicted octanol–water partition coefficient (Wildman–Crippen LogP) is 11.4. The van der Waals surface area contributed by atoms with Crippen LogP contribution in [0.3, 0.4) is 0 Å². The molecular weight excluding hydrogens is 532 g/mol. The van der Waals surface area contributed by atoms with Gasteiger partial charge in [0, 0.05) is 16.9 Å². The van der Waals surface area contributed by atoms with Gasteiger partial charge in [-0.1, -0.05) is 116 Å². The van der Waals surface area contributed by atoms with Crippen molar-refractivity contribution in [2.45, 2.75) is 0 Å². The van der Waals surface area contributed by atoms with Crippen LogP contribution in [0.4, 0.5) is 14.5 Å². The van der Waals surface area contributed by atoms with E-state index in [9.17, 15) is 8.78 Å². The van der Waals surface area contributed by atoms with Crippen LogP contribution in [0, 0.1) is 11.6 Å². The molecule has 0 atom stereocenters. The van der Waals surface area contributed by atoms with Crippen LogP contribution >= 0.6 is 0 Å². The summed E-state index contributed by atoms with van der Waals surface area (Å²) in [4.78, 5) is 0. The monoisotopic (exact) mass is 559 g/mol. The first kappa shape index (κ1) is 26.4. The minimum atomic E-state index is -0.282. The lowest BCUT2D eigenvalue weighted by Crippen LogP contribution is -2.00. The van der Waals surface area contributed by atoms with Crippen LogP contribution in [0.2, 0.25) is 0 Å². The Kier molecular flexibility index (Phi) is 6.76. The fourth-order valence-corrected chi connectivity index (χ4v) is 5.92. The second kappa shape index (κ2) is 11.0. The van der Waals surface area contributed by atoms with Gasteiger partial charge in [0.1, 0.15) is 11.6 Å². The highest BCUT2D eigenvalue weighted by molar-refractivity contribution is 6.21. The third-order valence-corrected chi connectivity index (χ3v) is 7.94. The molecule has 0 aliphatic rings. The van der Waals surface area contributed by atoms with E-state index < -0.39 is 0 Å². The molecule has 0 aliphatic carbocycles. The maximum atomic E-state index is 14.0.